The van der Waals surface area contributed by atoms with Gasteiger partial charge in [-0.25, -0.2) is 9.97 Å². The number of anilines is 1. The Morgan fingerprint density at radius 1 is 1.31 bits per heavy atom. The van der Waals surface area contributed by atoms with Crippen LogP contribution in [0.2, 0.25) is 0 Å². The van der Waals surface area contributed by atoms with Gasteiger partial charge in [-0.15, -0.1) is 11.3 Å². The molecule has 0 aliphatic rings. The molecule has 0 aliphatic carbocycles. The van der Waals surface area contributed by atoms with E-state index in [9.17, 15) is 0 Å². The van der Waals surface area contributed by atoms with E-state index >= 15 is 0 Å². The molecule has 0 radical (unpaired) electrons. The SMILES string of the molecule is CNc1nc(CSC)nc2sc(C)c(C)c12. The molecule has 2 heterocycles. The molecule has 0 bridgehead atoms. The minimum Gasteiger partial charge on any atom is -0.372 e. The van der Waals surface area contributed by atoms with Crippen molar-refractivity contribution in [1.29, 1.82) is 0 Å². The summed E-state index contributed by atoms with van der Waals surface area (Å²) < 4.78 is 0. The van der Waals surface area contributed by atoms with Gasteiger partial charge >= 0.3 is 0 Å². The van der Waals surface area contributed by atoms with Crippen LogP contribution in [-0.2, 0) is 5.75 Å². The lowest BCUT2D eigenvalue weighted by molar-refractivity contribution is 1.07. The normalized spacial score (nSPS) is 11.0. The number of rotatable bonds is 3. The zero-order valence-corrected chi connectivity index (χ0v) is 11.6. The molecule has 0 saturated heterocycles. The van der Waals surface area contributed by atoms with Crippen molar-refractivity contribution in [3.63, 3.8) is 0 Å². The number of aryl methyl sites for hydroxylation is 2. The lowest BCUT2D eigenvalue weighted by Crippen LogP contribution is -1.99. The summed E-state index contributed by atoms with van der Waals surface area (Å²) in [6, 6.07) is 0. The van der Waals surface area contributed by atoms with Crippen LogP contribution in [0, 0.1) is 13.8 Å². The van der Waals surface area contributed by atoms with Crippen molar-refractivity contribution in [2.75, 3.05) is 18.6 Å². The van der Waals surface area contributed by atoms with E-state index < -0.39 is 0 Å². The first kappa shape index (κ1) is 11.7. The van der Waals surface area contributed by atoms with Gasteiger partial charge in [0.25, 0.3) is 0 Å². The van der Waals surface area contributed by atoms with Gasteiger partial charge in [0.15, 0.2) is 0 Å². The Labute approximate surface area is 104 Å². The van der Waals surface area contributed by atoms with Gasteiger partial charge < -0.3 is 5.32 Å². The van der Waals surface area contributed by atoms with Crippen molar-refractivity contribution in [1.82, 2.24) is 9.97 Å². The fourth-order valence-electron chi connectivity index (χ4n) is 1.67. The fourth-order valence-corrected chi connectivity index (χ4v) is 3.10. The highest BCUT2D eigenvalue weighted by molar-refractivity contribution is 7.97. The molecule has 1 N–H and O–H groups in total. The van der Waals surface area contributed by atoms with Gasteiger partial charge in [-0.1, -0.05) is 0 Å². The van der Waals surface area contributed by atoms with Gasteiger partial charge in [-0.2, -0.15) is 11.8 Å². The molecule has 5 heteroatoms. The molecule has 2 aromatic rings. The zero-order chi connectivity index (χ0) is 11.7. The van der Waals surface area contributed by atoms with Crippen LogP contribution in [0.25, 0.3) is 10.2 Å². The smallest absolute Gasteiger partial charge is 0.142 e. The van der Waals surface area contributed by atoms with E-state index in [0.29, 0.717) is 0 Å². The van der Waals surface area contributed by atoms with Gasteiger partial charge in [0.05, 0.1) is 11.1 Å². The molecule has 0 aromatic carbocycles. The van der Waals surface area contributed by atoms with Crippen LogP contribution in [0.5, 0.6) is 0 Å². The van der Waals surface area contributed by atoms with E-state index in [0.717, 1.165) is 22.2 Å². The Bertz CT molecular complexity index is 519. The Morgan fingerprint density at radius 2 is 2.06 bits per heavy atom. The molecule has 0 unspecified atom stereocenters. The second-order valence-corrected chi connectivity index (χ2v) is 5.70. The predicted octanol–water partition coefficient (Wildman–Crippen LogP) is 3.21. The van der Waals surface area contributed by atoms with E-state index in [2.05, 4.69) is 35.4 Å². The topological polar surface area (TPSA) is 37.8 Å². The minimum absolute atomic E-state index is 0.862. The first-order valence-corrected chi connectivity index (χ1v) is 7.31. The molecular weight excluding hydrogens is 238 g/mol. The van der Waals surface area contributed by atoms with E-state index in [1.165, 1.54) is 15.8 Å². The third-order valence-electron chi connectivity index (χ3n) is 2.59. The molecule has 2 aromatic heterocycles. The third kappa shape index (κ3) is 1.89. The average Bonchev–Trinajstić information content (AvgIpc) is 2.54. The van der Waals surface area contributed by atoms with Crippen LogP contribution < -0.4 is 5.32 Å². The van der Waals surface area contributed by atoms with E-state index in [4.69, 9.17) is 0 Å². The summed E-state index contributed by atoms with van der Waals surface area (Å²) in [7, 11) is 1.91. The monoisotopic (exact) mass is 253 g/mol. The number of aromatic nitrogens is 2. The summed E-state index contributed by atoms with van der Waals surface area (Å²) >= 11 is 3.49. The van der Waals surface area contributed by atoms with E-state index in [1.807, 2.05) is 7.05 Å². The van der Waals surface area contributed by atoms with Gasteiger partial charge in [0.1, 0.15) is 16.5 Å². The van der Waals surface area contributed by atoms with E-state index in [1.54, 1.807) is 23.1 Å². The summed E-state index contributed by atoms with van der Waals surface area (Å²) in [6.07, 6.45) is 2.07. The standard InChI is InChI=1S/C11H15N3S2/c1-6-7(2)16-11-9(6)10(12-3)13-8(14-11)5-15-4/h5H2,1-4H3,(H,12,13,14). The molecular formula is C11H15N3S2. The zero-order valence-electron chi connectivity index (χ0n) is 9.92. The van der Waals surface area contributed by atoms with Crippen molar-refractivity contribution in [3.8, 4) is 0 Å². The summed E-state index contributed by atoms with van der Waals surface area (Å²) in [5, 5.41) is 4.35. The molecule has 2 rings (SSSR count). The van der Waals surface area contributed by atoms with Gasteiger partial charge in [-0.3, -0.25) is 0 Å². The van der Waals surface area contributed by atoms with Crippen LogP contribution >= 0.6 is 23.1 Å². The molecule has 86 valence electrons. The fraction of sp³-hybridized carbons (Fsp3) is 0.455. The number of thioether (sulfide) groups is 1. The summed E-state index contributed by atoms with van der Waals surface area (Å²) in [6.45, 7) is 4.27. The van der Waals surface area contributed by atoms with Gasteiger partial charge in [-0.05, 0) is 25.7 Å². The Balaban J connectivity index is 2.68. The first-order valence-electron chi connectivity index (χ1n) is 5.10. The number of nitrogens with one attached hydrogen (secondary N) is 1. The van der Waals surface area contributed by atoms with Crippen LogP contribution in [0.4, 0.5) is 5.82 Å². The maximum Gasteiger partial charge on any atom is 0.142 e. The second kappa shape index (κ2) is 4.59. The molecule has 0 aliphatic heterocycles. The number of hydrogen-bond donors (Lipinski definition) is 1. The molecule has 0 fully saturated rings. The molecule has 0 atom stereocenters. The number of nitrogens with zero attached hydrogens (tertiary/aromatic N) is 2. The summed E-state index contributed by atoms with van der Waals surface area (Å²) in [5.41, 5.74) is 1.29. The number of thiophene rings is 1. The van der Waals surface area contributed by atoms with Crippen LogP contribution in [0.1, 0.15) is 16.3 Å². The first-order chi connectivity index (χ1) is 7.67. The minimum atomic E-state index is 0.862. The lowest BCUT2D eigenvalue weighted by Gasteiger charge is -2.05. The Hall–Kier alpha value is -0.810. The third-order valence-corrected chi connectivity index (χ3v) is 4.23. The average molecular weight is 253 g/mol. The highest BCUT2D eigenvalue weighted by Gasteiger charge is 2.13. The van der Waals surface area contributed by atoms with Crippen LogP contribution in [0.15, 0.2) is 0 Å². The number of hydrogen-bond acceptors (Lipinski definition) is 5. The van der Waals surface area contributed by atoms with Crippen molar-refractivity contribution in [2.45, 2.75) is 19.6 Å². The van der Waals surface area contributed by atoms with Crippen molar-refractivity contribution in [2.24, 2.45) is 0 Å². The maximum absolute atomic E-state index is 4.60. The number of fused-ring (bicyclic) bond motifs is 1. The van der Waals surface area contributed by atoms with Crippen molar-refractivity contribution < 1.29 is 0 Å². The second-order valence-electron chi connectivity index (χ2n) is 3.63. The quantitative estimate of drug-likeness (QED) is 0.911. The Kier molecular flexibility index (Phi) is 3.35. The molecule has 0 amide bonds. The van der Waals surface area contributed by atoms with Crippen molar-refractivity contribution >= 4 is 39.1 Å². The summed E-state index contributed by atoms with van der Waals surface area (Å²) in [5.74, 6) is 2.72. The van der Waals surface area contributed by atoms with Gasteiger partial charge in [0.2, 0.25) is 0 Å². The molecule has 16 heavy (non-hydrogen) atoms. The highest BCUT2D eigenvalue weighted by Crippen LogP contribution is 2.33. The van der Waals surface area contributed by atoms with Crippen LogP contribution in [0.3, 0.4) is 0 Å². The molecule has 0 saturated carbocycles. The maximum atomic E-state index is 4.60. The van der Waals surface area contributed by atoms with Gasteiger partial charge in [0, 0.05) is 11.9 Å². The van der Waals surface area contributed by atoms with Crippen LogP contribution in [-0.4, -0.2) is 23.3 Å². The highest BCUT2D eigenvalue weighted by atomic mass is 32.2. The Morgan fingerprint density at radius 3 is 2.69 bits per heavy atom. The summed E-state index contributed by atoms with van der Waals surface area (Å²) in [4.78, 5) is 11.6. The van der Waals surface area contributed by atoms with Crippen molar-refractivity contribution in [3.05, 3.63) is 16.3 Å². The van der Waals surface area contributed by atoms with E-state index in [-0.39, 0.29) is 0 Å². The largest absolute Gasteiger partial charge is 0.372 e. The predicted molar refractivity (Wildman–Crippen MR) is 73.7 cm³/mol. The molecule has 0 spiro atoms. The molecule has 3 nitrogen and oxygen atoms in total. The lowest BCUT2D eigenvalue weighted by atomic mass is 10.2.